The van der Waals surface area contributed by atoms with Crippen molar-refractivity contribution >= 4 is 5.97 Å². The summed E-state index contributed by atoms with van der Waals surface area (Å²) in [6.45, 7) is 4.99. The molecule has 0 bridgehead atoms. The number of hydrogen-bond donors (Lipinski definition) is 0. The highest BCUT2D eigenvalue weighted by Gasteiger charge is 1.97. The number of allylic oxidation sites excluding steroid dienone is 2. The summed E-state index contributed by atoms with van der Waals surface area (Å²) in [7, 11) is 3.27. The highest BCUT2D eigenvalue weighted by molar-refractivity contribution is 5.82. The first-order valence-electron chi connectivity index (χ1n) is 6.55. The minimum absolute atomic E-state index is 0.268. The minimum atomic E-state index is -0.385. The van der Waals surface area contributed by atoms with Gasteiger partial charge in [-0.2, -0.15) is 0 Å². The Balaban J connectivity index is 3.92. The van der Waals surface area contributed by atoms with E-state index in [4.69, 9.17) is 18.9 Å². The second kappa shape index (κ2) is 14.0. The molecule has 0 aliphatic heterocycles. The van der Waals surface area contributed by atoms with Crippen LogP contribution in [0.1, 0.15) is 6.92 Å². The molecule has 0 unspecified atom stereocenters. The van der Waals surface area contributed by atoms with Crippen molar-refractivity contribution in [3.63, 3.8) is 0 Å². The Bertz CT molecular complexity index is 291. The van der Waals surface area contributed by atoms with Gasteiger partial charge >= 0.3 is 5.97 Å². The molecular formula is C14H25NO5. The van der Waals surface area contributed by atoms with Crippen molar-refractivity contribution in [1.29, 1.82) is 0 Å². The molecule has 0 radical (unpaired) electrons. The molecule has 0 fully saturated rings. The average Bonchev–Trinajstić information content (AvgIpc) is 2.45. The first kappa shape index (κ1) is 18.6. The third kappa shape index (κ3) is 11.7. The van der Waals surface area contributed by atoms with Crippen LogP contribution in [0, 0.1) is 0 Å². The smallest absolute Gasteiger partial charge is 0.330 e. The van der Waals surface area contributed by atoms with Crippen molar-refractivity contribution in [2.45, 2.75) is 6.92 Å². The summed E-state index contributed by atoms with van der Waals surface area (Å²) < 4.78 is 20.0. The fourth-order valence-electron chi connectivity index (χ4n) is 1.26. The Hall–Kier alpha value is -1.37. The Morgan fingerprint density at radius 1 is 1.10 bits per heavy atom. The zero-order valence-electron chi connectivity index (χ0n) is 12.5. The molecule has 0 heterocycles. The highest BCUT2D eigenvalue weighted by atomic mass is 16.6. The van der Waals surface area contributed by atoms with Crippen LogP contribution >= 0.6 is 0 Å². The molecule has 0 aromatic rings. The molecule has 6 heteroatoms. The van der Waals surface area contributed by atoms with Crippen LogP contribution in [0.25, 0.3) is 0 Å². The summed E-state index contributed by atoms with van der Waals surface area (Å²) in [4.78, 5) is 13.2. The van der Waals surface area contributed by atoms with Crippen LogP contribution in [0.3, 0.4) is 0 Å². The zero-order chi connectivity index (χ0) is 15.1. The monoisotopic (exact) mass is 287 g/mol. The second-order valence-electron chi connectivity index (χ2n) is 3.79. The number of hydrogen-bond acceptors (Lipinski definition) is 6. The molecule has 20 heavy (non-hydrogen) atoms. The molecule has 0 amide bonds. The summed E-state index contributed by atoms with van der Waals surface area (Å²) in [5.41, 5.74) is 0. The van der Waals surface area contributed by atoms with E-state index in [0.29, 0.717) is 33.1 Å². The number of methoxy groups -OCH3 is 2. The molecule has 0 aromatic carbocycles. The maximum absolute atomic E-state index is 11.3. The molecule has 0 atom stereocenters. The lowest BCUT2D eigenvalue weighted by Gasteiger charge is -2.18. The number of carbonyl (C=O) groups excluding carboxylic acids is 1. The van der Waals surface area contributed by atoms with Crippen molar-refractivity contribution in [2.24, 2.45) is 0 Å². The summed E-state index contributed by atoms with van der Waals surface area (Å²) >= 11 is 0. The summed E-state index contributed by atoms with van der Waals surface area (Å²) in [6.07, 6.45) is 6.56. The third-order valence-corrected chi connectivity index (χ3v) is 2.19. The lowest BCUT2D eigenvalue weighted by Crippen LogP contribution is -2.23. The number of rotatable bonds is 12. The first-order valence-corrected chi connectivity index (χ1v) is 6.55. The SMILES string of the molecule is CCOCCOC(=O)/C=C/C=C/N(CCOC)COC. The molecule has 0 aliphatic carbocycles. The largest absolute Gasteiger partial charge is 0.460 e. The van der Waals surface area contributed by atoms with Gasteiger partial charge in [-0.25, -0.2) is 4.79 Å². The number of ether oxygens (including phenoxy) is 4. The van der Waals surface area contributed by atoms with Crippen LogP contribution in [0.2, 0.25) is 0 Å². The summed E-state index contributed by atoms with van der Waals surface area (Å²) in [5, 5.41) is 0. The number of carbonyl (C=O) groups is 1. The van der Waals surface area contributed by atoms with Gasteiger partial charge in [0, 0.05) is 39.6 Å². The minimum Gasteiger partial charge on any atom is -0.460 e. The van der Waals surface area contributed by atoms with Gasteiger partial charge in [-0.15, -0.1) is 0 Å². The molecule has 0 spiro atoms. The van der Waals surface area contributed by atoms with Crippen LogP contribution in [-0.2, 0) is 23.7 Å². The van der Waals surface area contributed by atoms with Gasteiger partial charge in [0.1, 0.15) is 13.3 Å². The topological polar surface area (TPSA) is 57.2 Å². The molecule has 116 valence electrons. The number of nitrogens with zero attached hydrogens (tertiary/aromatic N) is 1. The van der Waals surface area contributed by atoms with Crippen LogP contribution < -0.4 is 0 Å². The van der Waals surface area contributed by atoms with E-state index < -0.39 is 0 Å². The van der Waals surface area contributed by atoms with Crippen LogP contribution in [0.4, 0.5) is 0 Å². The van der Waals surface area contributed by atoms with Crippen molar-refractivity contribution in [1.82, 2.24) is 4.90 Å². The van der Waals surface area contributed by atoms with Gasteiger partial charge in [-0.05, 0) is 13.0 Å². The van der Waals surface area contributed by atoms with E-state index in [2.05, 4.69) is 0 Å². The maximum Gasteiger partial charge on any atom is 0.330 e. The molecule has 0 saturated carbocycles. The molecule has 6 nitrogen and oxygen atoms in total. The van der Waals surface area contributed by atoms with E-state index in [0.717, 1.165) is 0 Å². The standard InChI is InChI=1S/C14H25NO5/c1-4-19-11-12-20-14(16)7-5-6-8-15(13-18-3)9-10-17-2/h5-8H,4,9-13H2,1-3H3/b7-5+,8-6+. The van der Waals surface area contributed by atoms with Crippen molar-refractivity contribution in [3.8, 4) is 0 Å². The molecule has 0 rings (SSSR count). The molecule has 0 N–H and O–H groups in total. The van der Waals surface area contributed by atoms with E-state index in [1.165, 1.54) is 6.08 Å². The van der Waals surface area contributed by atoms with Gasteiger partial charge in [-0.3, -0.25) is 0 Å². The van der Waals surface area contributed by atoms with Crippen LogP contribution in [0.5, 0.6) is 0 Å². The Morgan fingerprint density at radius 3 is 2.55 bits per heavy atom. The molecule has 0 saturated heterocycles. The van der Waals surface area contributed by atoms with E-state index >= 15 is 0 Å². The average molecular weight is 287 g/mol. The van der Waals surface area contributed by atoms with Gasteiger partial charge in [0.25, 0.3) is 0 Å². The summed E-state index contributed by atoms with van der Waals surface area (Å²) in [6, 6.07) is 0. The Morgan fingerprint density at radius 2 is 1.90 bits per heavy atom. The second-order valence-corrected chi connectivity index (χ2v) is 3.79. The van der Waals surface area contributed by atoms with Gasteiger partial charge in [-0.1, -0.05) is 6.08 Å². The van der Waals surface area contributed by atoms with Crippen molar-refractivity contribution < 1.29 is 23.7 Å². The highest BCUT2D eigenvalue weighted by Crippen LogP contribution is 1.92. The van der Waals surface area contributed by atoms with Gasteiger partial charge in [0.2, 0.25) is 0 Å². The van der Waals surface area contributed by atoms with E-state index in [9.17, 15) is 4.79 Å². The lowest BCUT2D eigenvalue weighted by molar-refractivity contribution is -0.139. The van der Waals surface area contributed by atoms with Crippen molar-refractivity contribution in [2.75, 3.05) is 53.9 Å². The molecule has 0 aliphatic rings. The van der Waals surface area contributed by atoms with E-state index in [1.54, 1.807) is 26.4 Å². The van der Waals surface area contributed by atoms with Crippen LogP contribution in [-0.4, -0.2) is 64.8 Å². The third-order valence-electron chi connectivity index (χ3n) is 2.19. The van der Waals surface area contributed by atoms with E-state index in [-0.39, 0.29) is 12.6 Å². The van der Waals surface area contributed by atoms with Crippen molar-refractivity contribution in [3.05, 3.63) is 24.4 Å². The summed E-state index contributed by atoms with van der Waals surface area (Å²) in [5.74, 6) is -0.385. The predicted octanol–water partition coefficient (Wildman–Crippen LogP) is 1.19. The predicted molar refractivity (Wildman–Crippen MR) is 76.2 cm³/mol. The molecular weight excluding hydrogens is 262 g/mol. The lowest BCUT2D eigenvalue weighted by atomic mass is 10.4. The van der Waals surface area contributed by atoms with E-state index in [1.807, 2.05) is 18.0 Å². The van der Waals surface area contributed by atoms with Gasteiger partial charge < -0.3 is 23.8 Å². The fourth-order valence-corrected chi connectivity index (χ4v) is 1.26. The van der Waals surface area contributed by atoms with Gasteiger partial charge in [0.15, 0.2) is 0 Å². The zero-order valence-corrected chi connectivity index (χ0v) is 12.5. The van der Waals surface area contributed by atoms with Crippen LogP contribution in [0.15, 0.2) is 24.4 Å². The number of esters is 1. The Labute approximate surface area is 120 Å². The normalized spacial score (nSPS) is 11.3. The fraction of sp³-hybridized carbons (Fsp3) is 0.643. The Kier molecular flexibility index (Phi) is 13.1. The quantitative estimate of drug-likeness (QED) is 0.177. The maximum atomic E-state index is 11.3. The molecule has 0 aromatic heterocycles. The van der Waals surface area contributed by atoms with Gasteiger partial charge in [0.05, 0.1) is 13.2 Å². The first-order chi connectivity index (χ1) is 9.74.